The van der Waals surface area contributed by atoms with E-state index in [4.69, 9.17) is 11.6 Å². The predicted molar refractivity (Wildman–Crippen MR) is 113 cm³/mol. The number of hydrogen-bond donors (Lipinski definition) is 2. The number of fused-ring (bicyclic) bond motifs is 1. The zero-order valence-electron chi connectivity index (χ0n) is 16.4. The summed E-state index contributed by atoms with van der Waals surface area (Å²) in [6.45, 7) is 1.34. The summed E-state index contributed by atoms with van der Waals surface area (Å²) in [5.74, 6) is 0.421. The van der Waals surface area contributed by atoms with Crippen molar-refractivity contribution in [3.05, 3.63) is 35.5 Å². The van der Waals surface area contributed by atoms with Gasteiger partial charge in [-0.25, -0.2) is 19.3 Å². The summed E-state index contributed by atoms with van der Waals surface area (Å²) < 4.78 is 14.5. The lowest BCUT2D eigenvalue weighted by molar-refractivity contribution is -0.139. The first-order valence-electron chi connectivity index (χ1n) is 10.3. The van der Waals surface area contributed by atoms with Gasteiger partial charge in [0.2, 0.25) is 5.91 Å². The van der Waals surface area contributed by atoms with Crippen LogP contribution in [-0.2, 0) is 4.79 Å². The van der Waals surface area contributed by atoms with E-state index in [-0.39, 0.29) is 23.7 Å². The summed E-state index contributed by atoms with van der Waals surface area (Å²) in [7, 11) is 0. The number of pyridine rings is 1. The summed E-state index contributed by atoms with van der Waals surface area (Å²) in [4.78, 5) is 30.4. The lowest BCUT2D eigenvalue weighted by Crippen LogP contribution is -2.48. The van der Waals surface area contributed by atoms with Crippen molar-refractivity contribution in [2.75, 3.05) is 18.4 Å². The van der Waals surface area contributed by atoms with Gasteiger partial charge in [-0.2, -0.15) is 0 Å². The molecule has 30 heavy (non-hydrogen) atoms. The lowest BCUT2D eigenvalue weighted by Gasteiger charge is -2.37. The van der Waals surface area contributed by atoms with Crippen LogP contribution in [-0.4, -0.2) is 49.9 Å². The smallest absolute Gasteiger partial charge is 0.225 e. The molecule has 0 radical (unpaired) electrons. The van der Waals surface area contributed by atoms with Crippen molar-refractivity contribution in [1.29, 1.82) is 0 Å². The Balaban J connectivity index is 1.37. The summed E-state index contributed by atoms with van der Waals surface area (Å²) >= 11 is 6.07. The van der Waals surface area contributed by atoms with Gasteiger partial charge >= 0.3 is 0 Å². The number of piperidine rings is 1. The predicted octanol–water partition coefficient (Wildman–Crippen LogP) is 4.02. The zero-order valence-corrected chi connectivity index (χ0v) is 17.1. The fourth-order valence-corrected chi connectivity index (χ4v) is 4.32. The summed E-state index contributed by atoms with van der Waals surface area (Å²) in [6.07, 6.45) is 9.33. The molecule has 5 rings (SSSR count). The quantitative estimate of drug-likeness (QED) is 0.655. The molecule has 156 valence electrons. The average molecular weight is 429 g/mol. The maximum Gasteiger partial charge on any atom is 0.225 e. The second kappa shape index (κ2) is 7.83. The van der Waals surface area contributed by atoms with Gasteiger partial charge in [0.1, 0.15) is 5.65 Å². The molecule has 4 heterocycles. The fourth-order valence-electron chi connectivity index (χ4n) is 4.16. The Hall–Kier alpha value is -2.74. The summed E-state index contributed by atoms with van der Waals surface area (Å²) in [5, 5.41) is 4.47. The molecule has 3 aromatic rings. The third kappa shape index (κ3) is 3.60. The third-order valence-electron chi connectivity index (χ3n) is 6.01. The SMILES string of the molecule is O=C(C1CCC1)N1CCC[C@@H](Nc2nc(-c3c[nH]c4ncc(Cl)cc34)ncc2F)C1. The lowest BCUT2D eigenvalue weighted by atomic mass is 9.84. The molecular weight excluding hydrogens is 407 g/mol. The normalized spacial score (nSPS) is 19.7. The molecule has 1 amide bonds. The minimum atomic E-state index is -0.516. The summed E-state index contributed by atoms with van der Waals surface area (Å²) in [5.41, 5.74) is 1.36. The highest BCUT2D eigenvalue weighted by Crippen LogP contribution is 2.31. The first kappa shape index (κ1) is 19.2. The second-order valence-electron chi connectivity index (χ2n) is 8.04. The van der Waals surface area contributed by atoms with Gasteiger partial charge in [0.15, 0.2) is 17.5 Å². The van der Waals surface area contributed by atoms with E-state index in [1.165, 1.54) is 6.20 Å². The molecule has 3 aromatic heterocycles. The molecule has 9 heteroatoms. The van der Waals surface area contributed by atoms with Crippen LogP contribution in [0.25, 0.3) is 22.4 Å². The number of nitrogens with one attached hydrogen (secondary N) is 2. The largest absolute Gasteiger partial charge is 0.363 e. The number of halogens is 2. The number of rotatable bonds is 4. The second-order valence-corrected chi connectivity index (χ2v) is 8.47. The van der Waals surface area contributed by atoms with Gasteiger partial charge in [0.05, 0.1) is 11.2 Å². The number of aromatic nitrogens is 4. The molecule has 1 atom stereocenters. The van der Waals surface area contributed by atoms with Crippen LogP contribution in [0.5, 0.6) is 0 Å². The van der Waals surface area contributed by atoms with E-state index in [0.29, 0.717) is 28.6 Å². The number of nitrogens with zero attached hydrogens (tertiary/aromatic N) is 4. The maximum absolute atomic E-state index is 14.5. The van der Waals surface area contributed by atoms with E-state index >= 15 is 0 Å². The van der Waals surface area contributed by atoms with Crippen molar-refractivity contribution < 1.29 is 9.18 Å². The van der Waals surface area contributed by atoms with Crippen LogP contribution >= 0.6 is 11.6 Å². The van der Waals surface area contributed by atoms with Gasteiger partial charge in [-0.3, -0.25) is 4.79 Å². The number of H-pyrrole nitrogens is 1. The molecule has 2 fully saturated rings. The Morgan fingerprint density at radius 3 is 2.90 bits per heavy atom. The highest BCUT2D eigenvalue weighted by atomic mass is 35.5. The molecule has 0 bridgehead atoms. The highest BCUT2D eigenvalue weighted by molar-refractivity contribution is 6.31. The molecular formula is C21H22ClFN6O. The average Bonchev–Trinajstić information content (AvgIpc) is 3.11. The number of hydrogen-bond acceptors (Lipinski definition) is 5. The Kier molecular flexibility index (Phi) is 5.02. The van der Waals surface area contributed by atoms with Crippen LogP contribution in [0.15, 0.2) is 24.7 Å². The van der Waals surface area contributed by atoms with Crippen LogP contribution in [0.3, 0.4) is 0 Å². The van der Waals surface area contributed by atoms with Crippen molar-refractivity contribution in [1.82, 2.24) is 24.8 Å². The first-order valence-corrected chi connectivity index (χ1v) is 10.7. The number of carbonyl (C=O) groups is 1. The van der Waals surface area contributed by atoms with E-state index < -0.39 is 5.82 Å². The van der Waals surface area contributed by atoms with Gasteiger partial charge in [-0.1, -0.05) is 18.0 Å². The number of likely N-dealkylation sites (tertiary alicyclic amines) is 1. The van der Waals surface area contributed by atoms with Gasteiger partial charge in [-0.05, 0) is 31.7 Å². The summed E-state index contributed by atoms with van der Waals surface area (Å²) in [6, 6.07) is 1.74. The minimum Gasteiger partial charge on any atom is -0.363 e. The van der Waals surface area contributed by atoms with Crippen molar-refractivity contribution in [2.24, 2.45) is 5.92 Å². The van der Waals surface area contributed by atoms with Gasteiger partial charge < -0.3 is 15.2 Å². The third-order valence-corrected chi connectivity index (χ3v) is 6.22. The molecule has 0 unspecified atom stereocenters. The molecule has 1 aliphatic carbocycles. The van der Waals surface area contributed by atoms with Gasteiger partial charge in [0.25, 0.3) is 0 Å². The van der Waals surface area contributed by atoms with Crippen LogP contribution in [0.2, 0.25) is 5.02 Å². The van der Waals surface area contributed by atoms with Crippen LogP contribution in [0.4, 0.5) is 10.2 Å². The van der Waals surface area contributed by atoms with Crippen LogP contribution < -0.4 is 5.32 Å². The molecule has 0 spiro atoms. The molecule has 1 saturated carbocycles. The van der Waals surface area contributed by atoms with Crippen molar-refractivity contribution in [2.45, 2.75) is 38.1 Å². The number of anilines is 1. The van der Waals surface area contributed by atoms with Gasteiger partial charge in [-0.15, -0.1) is 0 Å². The zero-order chi connectivity index (χ0) is 20.7. The number of aromatic amines is 1. The highest BCUT2D eigenvalue weighted by Gasteiger charge is 2.32. The molecule has 0 aromatic carbocycles. The molecule has 1 aliphatic heterocycles. The van der Waals surface area contributed by atoms with Crippen LogP contribution in [0, 0.1) is 11.7 Å². The van der Waals surface area contributed by atoms with Crippen molar-refractivity contribution >= 4 is 34.4 Å². The van der Waals surface area contributed by atoms with E-state index in [2.05, 4.69) is 25.3 Å². The Morgan fingerprint density at radius 2 is 2.10 bits per heavy atom. The van der Waals surface area contributed by atoms with Crippen molar-refractivity contribution in [3.8, 4) is 11.4 Å². The topological polar surface area (TPSA) is 86.8 Å². The minimum absolute atomic E-state index is 0.0425. The molecule has 1 saturated heterocycles. The van der Waals surface area contributed by atoms with E-state index in [0.717, 1.165) is 44.0 Å². The molecule has 2 aliphatic rings. The van der Waals surface area contributed by atoms with E-state index in [1.54, 1.807) is 18.5 Å². The molecule has 2 N–H and O–H groups in total. The standard InChI is InChI=1S/C21H22ClFN6O/c22-13-7-15-16(9-25-18(15)24-8-13)19-26-10-17(23)20(28-19)27-14-5-2-6-29(11-14)21(30)12-3-1-4-12/h7-10,12,14H,1-6,11H2,(H,24,25)(H,26,27,28)/t14-/m1/s1. The fraction of sp³-hybridized carbons (Fsp3) is 0.429. The Bertz CT molecular complexity index is 1100. The van der Waals surface area contributed by atoms with E-state index in [1.807, 2.05) is 4.90 Å². The van der Waals surface area contributed by atoms with Gasteiger partial charge in [0, 0.05) is 48.4 Å². The van der Waals surface area contributed by atoms with Crippen LogP contribution in [0.1, 0.15) is 32.1 Å². The maximum atomic E-state index is 14.5. The van der Waals surface area contributed by atoms with E-state index in [9.17, 15) is 9.18 Å². The first-order chi connectivity index (χ1) is 14.6. The molecule has 7 nitrogen and oxygen atoms in total. The Morgan fingerprint density at radius 1 is 1.23 bits per heavy atom. The number of amides is 1. The van der Waals surface area contributed by atoms with Crippen molar-refractivity contribution in [3.63, 3.8) is 0 Å². The Labute approximate surface area is 178 Å². The number of carbonyl (C=O) groups excluding carboxylic acids is 1. The monoisotopic (exact) mass is 428 g/mol.